The molecule has 5 heteroatoms. The first-order valence-electron chi connectivity index (χ1n) is 19.8. The minimum Gasteiger partial charge on any atom is -0.292 e. The maximum Gasteiger partial charge on any atom is 0.160 e. The van der Waals surface area contributed by atoms with Crippen molar-refractivity contribution in [1.82, 2.24) is 24.5 Å². The lowest BCUT2D eigenvalue weighted by Crippen LogP contribution is -1.97. The van der Waals surface area contributed by atoms with Crippen LogP contribution in [0, 0.1) is 0 Å². The Morgan fingerprint density at radius 3 is 1.63 bits per heavy atom. The van der Waals surface area contributed by atoms with Crippen molar-refractivity contribution in [3.8, 4) is 73.4 Å². The van der Waals surface area contributed by atoms with Gasteiger partial charge in [0.25, 0.3) is 0 Å². The van der Waals surface area contributed by atoms with Gasteiger partial charge in [0.05, 0.1) is 33.6 Å². The highest BCUT2D eigenvalue weighted by Gasteiger charge is 2.21. The van der Waals surface area contributed by atoms with Crippen LogP contribution in [0.3, 0.4) is 0 Å². The number of aromatic nitrogens is 5. The molecule has 0 bridgehead atoms. The molecule has 0 aliphatic rings. The van der Waals surface area contributed by atoms with E-state index in [0.29, 0.717) is 5.82 Å². The van der Waals surface area contributed by atoms with E-state index >= 15 is 0 Å². The predicted octanol–water partition coefficient (Wildman–Crippen LogP) is 13.5. The predicted molar refractivity (Wildman–Crippen MR) is 242 cm³/mol. The maximum absolute atomic E-state index is 5.48. The second kappa shape index (κ2) is 14.5. The molecule has 11 rings (SSSR count). The van der Waals surface area contributed by atoms with Crippen molar-refractivity contribution in [3.63, 3.8) is 0 Å². The summed E-state index contributed by atoms with van der Waals surface area (Å²) in [5, 5.41) is 3.21. The summed E-state index contributed by atoms with van der Waals surface area (Å²) in [6, 6.07) is 73.6. The van der Waals surface area contributed by atoms with Gasteiger partial charge in [-0.1, -0.05) is 176 Å². The van der Waals surface area contributed by atoms with Crippen LogP contribution in [-0.2, 0) is 0 Å². The number of rotatable bonds is 7. The number of pyridine rings is 1. The third-order valence-electron chi connectivity index (χ3n) is 11.0. The Balaban J connectivity index is 1.12. The van der Waals surface area contributed by atoms with E-state index in [9.17, 15) is 0 Å². The highest BCUT2D eigenvalue weighted by molar-refractivity contribution is 6.20. The van der Waals surface area contributed by atoms with Gasteiger partial charge in [-0.2, -0.15) is 0 Å². The number of imidazole rings is 1. The molecular weight excluding hydrogens is 719 g/mol. The summed E-state index contributed by atoms with van der Waals surface area (Å²) in [5.74, 6) is 1.55. The van der Waals surface area contributed by atoms with E-state index in [-0.39, 0.29) is 0 Å². The molecule has 0 aliphatic heterocycles. The minimum atomic E-state index is 0.673. The first-order valence-corrected chi connectivity index (χ1v) is 19.8. The fourth-order valence-corrected chi connectivity index (χ4v) is 8.16. The molecule has 0 aliphatic carbocycles. The van der Waals surface area contributed by atoms with Gasteiger partial charge in [-0.15, -0.1) is 0 Å². The van der Waals surface area contributed by atoms with Crippen molar-refractivity contribution < 1.29 is 0 Å². The van der Waals surface area contributed by atoms with Crippen molar-refractivity contribution in [2.24, 2.45) is 0 Å². The molecule has 0 fully saturated rings. The smallest absolute Gasteiger partial charge is 0.160 e. The Bertz CT molecular complexity index is 3290. The van der Waals surface area contributed by atoms with Crippen molar-refractivity contribution in [1.29, 1.82) is 0 Å². The van der Waals surface area contributed by atoms with Gasteiger partial charge >= 0.3 is 0 Å². The van der Waals surface area contributed by atoms with Crippen LogP contribution in [0.4, 0.5) is 0 Å². The Labute approximate surface area is 341 Å². The zero-order valence-corrected chi connectivity index (χ0v) is 31.9. The van der Waals surface area contributed by atoms with Gasteiger partial charge in [0.2, 0.25) is 0 Å². The monoisotopic (exact) mass is 753 g/mol. The van der Waals surface area contributed by atoms with Crippen LogP contribution >= 0.6 is 0 Å². The first kappa shape index (κ1) is 34.2. The van der Waals surface area contributed by atoms with E-state index in [2.05, 4.69) is 180 Å². The number of para-hydroxylation sites is 2. The summed E-state index contributed by atoms with van der Waals surface area (Å²) in [7, 11) is 0. The summed E-state index contributed by atoms with van der Waals surface area (Å²) in [4.78, 5) is 21.2. The Morgan fingerprint density at radius 1 is 0.339 bits per heavy atom. The molecule has 0 amide bonds. The van der Waals surface area contributed by atoms with E-state index in [4.69, 9.17) is 19.9 Å². The third-order valence-corrected chi connectivity index (χ3v) is 11.0. The quantitative estimate of drug-likeness (QED) is 0.152. The second-order valence-corrected chi connectivity index (χ2v) is 14.7. The lowest BCUT2D eigenvalue weighted by atomic mass is 9.97. The van der Waals surface area contributed by atoms with E-state index in [1.165, 1.54) is 5.56 Å². The number of hydrogen-bond donors (Lipinski definition) is 0. The van der Waals surface area contributed by atoms with Crippen LogP contribution in [0.15, 0.2) is 212 Å². The number of nitrogens with zero attached hydrogens (tertiary/aromatic N) is 5. The topological polar surface area (TPSA) is 56.5 Å². The van der Waals surface area contributed by atoms with Crippen LogP contribution in [0.2, 0.25) is 0 Å². The summed E-state index contributed by atoms with van der Waals surface area (Å²) >= 11 is 0. The normalized spacial score (nSPS) is 11.4. The second-order valence-electron chi connectivity index (χ2n) is 14.7. The van der Waals surface area contributed by atoms with Gasteiger partial charge in [-0.25, -0.2) is 19.9 Å². The molecule has 5 nitrogen and oxygen atoms in total. The zero-order chi connectivity index (χ0) is 39.1. The van der Waals surface area contributed by atoms with E-state index < -0.39 is 0 Å². The molecule has 276 valence electrons. The molecule has 0 N–H and O–H groups in total. The molecule has 3 aromatic heterocycles. The highest BCUT2D eigenvalue weighted by Crippen LogP contribution is 2.41. The zero-order valence-electron chi connectivity index (χ0n) is 31.9. The van der Waals surface area contributed by atoms with Gasteiger partial charge in [-0.3, -0.25) is 4.57 Å². The van der Waals surface area contributed by atoms with Crippen LogP contribution in [0.1, 0.15) is 0 Å². The summed E-state index contributed by atoms with van der Waals surface area (Å²) in [6.45, 7) is 0. The van der Waals surface area contributed by atoms with Crippen LogP contribution in [-0.4, -0.2) is 24.5 Å². The molecule has 11 aromatic rings. The van der Waals surface area contributed by atoms with Gasteiger partial charge in [0.1, 0.15) is 5.82 Å². The third kappa shape index (κ3) is 6.22. The average molecular weight is 754 g/mol. The fraction of sp³-hybridized carbons (Fsp3) is 0. The fourth-order valence-electron chi connectivity index (χ4n) is 8.16. The Morgan fingerprint density at radius 2 is 0.898 bits per heavy atom. The molecule has 0 unspecified atom stereocenters. The van der Waals surface area contributed by atoms with E-state index in [1.807, 2.05) is 36.4 Å². The van der Waals surface area contributed by atoms with Crippen molar-refractivity contribution in [3.05, 3.63) is 212 Å². The standard InChI is InChI=1S/C54H35N5/c1-5-16-36(17-6-1)37-28-30-38(31-29-37)47-35-48(57-53(56-47)39-18-7-2-8-19-39)41-22-15-23-42(34-41)51-50-45(44-26-13-14-27-46(44)55-51)32-33-49-52(50)58-54(40-20-9-3-10-21-40)59(49)43-24-11-4-12-25-43/h1-35H. The van der Waals surface area contributed by atoms with Gasteiger partial charge < -0.3 is 0 Å². The first-order chi connectivity index (χ1) is 29.2. The molecule has 0 radical (unpaired) electrons. The Hall–Kier alpha value is -8.02. The molecule has 0 atom stereocenters. The lowest BCUT2D eigenvalue weighted by molar-refractivity contribution is 1.10. The minimum absolute atomic E-state index is 0.673. The number of hydrogen-bond acceptors (Lipinski definition) is 4. The average Bonchev–Trinajstić information content (AvgIpc) is 3.72. The highest BCUT2D eigenvalue weighted by atomic mass is 15.1. The summed E-state index contributed by atoms with van der Waals surface area (Å²) in [6.07, 6.45) is 0. The summed E-state index contributed by atoms with van der Waals surface area (Å²) in [5.41, 5.74) is 13.8. The van der Waals surface area contributed by atoms with Crippen molar-refractivity contribution in [2.75, 3.05) is 0 Å². The molecule has 0 saturated carbocycles. The largest absolute Gasteiger partial charge is 0.292 e. The van der Waals surface area contributed by atoms with Gasteiger partial charge in [-0.05, 0) is 52.9 Å². The molecule has 0 spiro atoms. The molecular formula is C54H35N5. The van der Waals surface area contributed by atoms with Gasteiger partial charge in [0.15, 0.2) is 5.82 Å². The Kier molecular flexibility index (Phi) is 8.41. The molecule has 3 heterocycles. The number of benzene rings is 8. The van der Waals surface area contributed by atoms with Crippen LogP contribution in [0.5, 0.6) is 0 Å². The molecule has 8 aromatic carbocycles. The maximum atomic E-state index is 5.48. The summed E-state index contributed by atoms with van der Waals surface area (Å²) < 4.78 is 2.26. The number of fused-ring (bicyclic) bond motifs is 5. The molecule has 0 saturated heterocycles. The van der Waals surface area contributed by atoms with Crippen molar-refractivity contribution >= 4 is 32.7 Å². The molecule has 59 heavy (non-hydrogen) atoms. The van der Waals surface area contributed by atoms with Crippen LogP contribution < -0.4 is 0 Å². The van der Waals surface area contributed by atoms with Crippen LogP contribution in [0.25, 0.3) is 106 Å². The van der Waals surface area contributed by atoms with Gasteiger partial charge in [0, 0.05) is 44.3 Å². The van der Waals surface area contributed by atoms with E-state index in [1.54, 1.807) is 0 Å². The SMILES string of the molecule is c1ccc(-c2ccc(-c3cc(-c4cccc(-c5nc6ccccc6c6ccc7c(nc(-c8ccccc8)n7-c7ccccc7)c56)c4)nc(-c4ccccc4)n3)cc2)cc1. The van der Waals surface area contributed by atoms with E-state index in [0.717, 1.165) is 94.7 Å². The van der Waals surface area contributed by atoms with Crippen molar-refractivity contribution in [2.45, 2.75) is 0 Å². The lowest BCUT2D eigenvalue weighted by Gasteiger charge is -2.13.